The molecule has 78 valence electrons. The molecule has 0 saturated heterocycles. The van der Waals surface area contributed by atoms with E-state index in [1.807, 2.05) is 18.2 Å². The number of halogens is 1. The van der Waals surface area contributed by atoms with Crippen molar-refractivity contribution in [2.75, 3.05) is 13.6 Å². The molecule has 1 nitrogen and oxygen atoms in total. The Hall–Kier alpha value is -0.530. The summed E-state index contributed by atoms with van der Waals surface area (Å²) in [6.07, 6.45) is 0. The molecule has 2 heteroatoms. The second-order valence-electron chi connectivity index (χ2n) is 3.63. The van der Waals surface area contributed by atoms with Gasteiger partial charge >= 0.3 is 0 Å². The van der Waals surface area contributed by atoms with Gasteiger partial charge in [0.2, 0.25) is 0 Å². The van der Waals surface area contributed by atoms with Gasteiger partial charge < -0.3 is 4.90 Å². The zero-order valence-electron chi connectivity index (χ0n) is 9.07. The van der Waals surface area contributed by atoms with Gasteiger partial charge in [-0.15, -0.1) is 11.6 Å². The van der Waals surface area contributed by atoms with Gasteiger partial charge in [0.15, 0.2) is 0 Å². The van der Waals surface area contributed by atoms with Crippen LogP contribution in [0.25, 0.3) is 0 Å². The van der Waals surface area contributed by atoms with Crippen molar-refractivity contribution in [1.29, 1.82) is 0 Å². The maximum Gasteiger partial charge on any atom is 0.0737 e. The van der Waals surface area contributed by atoms with Gasteiger partial charge in [-0.1, -0.05) is 37.3 Å². The Kier molecular flexibility index (Phi) is 4.43. The lowest BCUT2D eigenvalue weighted by Crippen LogP contribution is -2.32. The molecule has 0 saturated carbocycles. The fourth-order valence-electron chi connectivity index (χ4n) is 1.43. The normalized spacial score (nSPS) is 15.5. The number of hydrogen-bond donors (Lipinski definition) is 0. The first-order valence-corrected chi connectivity index (χ1v) is 5.49. The molecule has 14 heavy (non-hydrogen) atoms. The highest BCUT2D eigenvalue weighted by Gasteiger charge is 2.18. The zero-order valence-corrected chi connectivity index (χ0v) is 9.83. The molecule has 0 aromatic heterocycles. The van der Waals surface area contributed by atoms with Crippen LogP contribution in [0.3, 0.4) is 0 Å². The Labute approximate surface area is 91.7 Å². The van der Waals surface area contributed by atoms with Crippen molar-refractivity contribution in [2.45, 2.75) is 25.3 Å². The third-order valence-electron chi connectivity index (χ3n) is 2.74. The highest BCUT2D eigenvalue weighted by molar-refractivity contribution is 6.21. The first-order valence-electron chi connectivity index (χ1n) is 5.06. The molecule has 0 N–H and O–H groups in total. The molecule has 0 aliphatic heterocycles. The minimum Gasteiger partial charge on any atom is -0.302 e. The van der Waals surface area contributed by atoms with Gasteiger partial charge in [0.25, 0.3) is 0 Å². The molecule has 1 rings (SSSR count). The van der Waals surface area contributed by atoms with Crippen LogP contribution in [0.5, 0.6) is 0 Å². The maximum atomic E-state index is 6.39. The van der Waals surface area contributed by atoms with Gasteiger partial charge in [-0.2, -0.15) is 0 Å². The van der Waals surface area contributed by atoms with E-state index in [2.05, 4.69) is 37.9 Å². The molecule has 0 unspecified atom stereocenters. The second-order valence-corrected chi connectivity index (χ2v) is 4.10. The van der Waals surface area contributed by atoms with Crippen molar-refractivity contribution in [1.82, 2.24) is 4.90 Å². The number of nitrogens with zero attached hydrogens (tertiary/aromatic N) is 1. The molecule has 0 spiro atoms. The summed E-state index contributed by atoms with van der Waals surface area (Å²) >= 11 is 6.39. The molecule has 0 amide bonds. The quantitative estimate of drug-likeness (QED) is 0.691. The van der Waals surface area contributed by atoms with Crippen molar-refractivity contribution in [3.8, 4) is 0 Å². The summed E-state index contributed by atoms with van der Waals surface area (Å²) in [4.78, 5) is 2.25. The van der Waals surface area contributed by atoms with E-state index in [0.29, 0.717) is 6.04 Å². The van der Waals surface area contributed by atoms with Gasteiger partial charge in [-0.05, 0) is 26.1 Å². The third-order valence-corrected chi connectivity index (χ3v) is 3.35. The van der Waals surface area contributed by atoms with Crippen LogP contribution in [0.2, 0.25) is 0 Å². The van der Waals surface area contributed by atoms with Gasteiger partial charge in [-0.3, -0.25) is 0 Å². The number of alkyl halides is 1. The largest absolute Gasteiger partial charge is 0.302 e. The highest BCUT2D eigenvalue weighted by atomic mass is 35.5. The Bertz CT molecular complexity index is 260. The minimum absolute atomic E-state index is 0.0705. The second kappa shape index (κ2) is 5.38. The standard InChI is InChI=1S/C12H18ClN/c1-4-14(3)10(2)12(13)11-8-6-5-7-9-11/h5-10,12H,4H2,1-3H3/t10-,12-/m1/s1. The monoisotopic (exact) mass is 211 g/mol. The Balaban J connectivity index is 2.70. The molecule has 0 radical (unpaired) electrons. The summed E-state index contributed by atoms with van der Waals surface area (Å²) in [6.45, 7) is 5.33. The highest BCUT2D eigenvalue weighted by Crippen LogP contribution is 2.26. The number of benzene rings is 1. The zero-order chi connectivity index (χ0) is 10.6. The van der Waals surface area contributed by atoms with Crippen LogP contribution in [-0.4, -0.2) is 24.5 Å². The predicted molar refractivity (Wildman–Crippen MR) is 62.8 cm³/mol. The van der Waals surface area contributed by atoms with Crippen LogP contribution in [-0.2, 0) is 0 Å². The molecule has 0 fully saturated rings. The summed E-state index contributed by atoms with van der Waals surface area (Å²) < 4.78 is 0. The summed E-state index contributed by atoms with van der Waals surface area (Å²) in [7, 11) is 2.10. The minimum atomic E-state index is 0.0705. The SMILES string of the molecule is CCN(C)[C@H](C)[C@@H](Cl)c1ccccc1. The molecule has 0 heterocycles. The fourth-order valence-corrected chi connectivity index (χ4v) is 1.76. The average Bonchev–Trinajstić information content (AvgIpc) is 2.27. The fraction of sp³-hybridized carbons (Fsp3) is 0.500. The Morgan fingerprint density at radius 2 is 1.86 bits per heavy atom. The van der Waals surface area contributed by atoms with Crippen LogP contribution in [0, 0.1) is 0 Å². The first kappa shape index (κ1) is 11.5. The lowest BCUT2D eigenvalue weighted by Gasteiger charge is -2.27. The van der Waals surface area contributed by atoms with Gasteiger partial charge in [0.1, 0.15) is 0 Å². The Morgan fingerprint density at radius 3 is 2.36 bits per heavy atom. The first-order chi connectivity index (χ1) is 6.66. The van der Waals surface area contributed by atoms with Crippen LogP contribution in [0.4, 0.5) is 0 Å². The molecule has 0 aliphatic rings. The number of likely N-dealkylation sites (N-methyl/N-ethyl adjacent to an activating group) is 1. The molecule has 0 aliphatic carbocycles. The molecule has 1 aromatic rings. The number of hydrogen-bond acceptors (Lipinski definition) is 1. The maximum absolute atomic E-state index is 6.39. The summed E-state index contributed by atoms with van der Waals surface area (Å²) in [5, 5.41) is 0.0705. The van der Waals surface area contributed by atoms with E-state index in [4.69, 9.17) is 11.6 Å². The van der Waals surface area contributed by atoms with E-state index in [9.17, 15) is 0 Å². The summed E-state index contributed by atoms with van der Waals surface area (Å²) in [6, 6.07) is 10.6. The van der Waals surface area contributed by atoms with Crippen molar-refractivity contribution in [3.05, 3.63) is 35.9 Å². The van der Waals surface area contributed by atoms with Gasteiger partial charge in [0.05, 0.1) is 5.38 Å². The molecule has 1 aromatic carbocycles. The van der Waals surface area contributed by atoms with Gasteiger partial charge in [0, 0.05) is 6.04 Å². The van der Waals surface area contributed by atoms with E-state index in [1.165, 1.54) is 5.56 Å². The average molecular weight is 212 g/mol. The molecule has 0 bridgehead atoms. The lowest BCUT2D eigenvalue weighted by molar-refractivity contribution is 0.264. The van der Waals surface area contributed by atoms with E-state index in [-0.39, 0.29) is 5.38 Å². The van der Waals surface area contributed by atoms with E-state index in [0.717, 1.165) is 6.54 Å². The van der Waals surface area contributed by atoms with Crippen molar-refractivity contribution in [3.63, 3.8) is 0 Å². The van der Waals surface area contributed by atoms with Crippen LogP contribution >= 0.6 is 11.6 Å². The van der Waals surface area contributed by atoms with E-state index < -0.39 is 0 Å². The summed E-state index contributed by atoms with van der Waals surface area (Å²) in [5.74, 6) is 0. The third kappa shape index (κ3) is 2.73. The topological polar surface area (TPSA) is 3.24 Å². The van der Waals surface area contributed by atoms with E-state index in [1.54, 1.807) is 0 Å². The molecular formula is C12H18ClN. The van der Waals surface area contributed by atoms with Crippen molar-refractivity contribution in [2.24, 2.45) is 0 Å². The van der Waals surface area contributed by atoms with Crippen LogP contribution in [0.1, 0.15) is 24.8 Å². The molecular weight excluding hydrogens is 194 g/mol. The predicted octanol–water partition coefficient (Wildman–Crippen LogP) is 3.31. The number of rotatable bonds is 4. The summed E-state index contributed by atoms with van der Waals surface area (Å²) in [5.41, 5.74) is 1.20. The van der Waals surface area contributed by atoms with E-state index >= 15 is 0 Å². The van der Waals surface area contributed by atoms with Crippen molar-refractivity contribution < 1.29 is 0 Å². The van der Waals surface area contributed by atoms with Crippen LogP contribution in [0.15, 0.2) is 30.3 Å². The van der Waals surface area contributed by atoms with Crippen molar-refractivity contribution >= 4 is 11.6 Å². The molecule has 2 atom stereocenters. The van der Waals surface area contributed by atoms with Gasteiger partial charge in [-0.25, -0.2) is 0 Å². The van der Waals surface area contributed by atoms with Crippen LogP contribution < -0.4 is 0 Å². The lowest BCUT2D eigenvalue weighted by atomic mass is 10.1. The Morgan fingerprint density at radius 1 is 1.29 bits per heavy atom. The smallest absolute Gasteiger partial charge is 0.0737 e.